The Hall–Kier alpha value is -0.570. The molecule has 0 radical (unpaired) electrons. The Kier molecular flexibility index (Phi) is 7.37. The third kappa shape index (κ3) is 4.40. The maximum absolute atomic E-state index is 13.5. The lowest BCUT2D eigenvalue weighted by Gasteiger charge is -2.41. The van der Waals surface area contributed by atoms with E-state index in [0.717, 1.165) is 18.8 Å². The van der Waals surface area contributed by atoms with Crippen molar-refractivity contribution < 1.29 is 9.53 Å². The molecule has 0 bridgehead atoms. The van der Waals surface area contributed by atoms with Gasteiger partial charge in [0.15, 0.2) is 0 Å². The average molecular weight is 352 g/mol. The van der Waals surface area contributed by atoms with Gasteiger partial charge in [-0.3, -0.25) is 4.79 Å². The summed E-state index contributed by atoms with van der Waals surface area (Å²) < 4.78 is 5.92. The molecule has 0 aromatic heterocycles. The van der Waals surface area contributed by atoms with Gasteiger partial charge in [0.2, 0.25) is 5.91 Å². The van der Waals surface area contributed by atoms with Gasteiger partial charge in [-0.25, -0.2) is 0 Å². The van der Waals surface area contributed by atoms with E-state index in [1.54, 1.807) is 0 Å². The van der Waals surface area contributed by atoms with Crippen molar-refractivity contribution in [3.05, 3.63) is 0 Å². The average Bonchev–Trinajstić information content (AvgIpc) is 3.07. The fourth-order valence-electron chi connectivity index (χ4n) is 5.87. The fourth-order valence-corrected chi connectivity index (χ4v) is 5.87. The Balaban J connectivity index is 0.00000109. The summed E-state index contributed by atoms with van der Waals surface area (Å²) in [5, 5.41) is 0. The molecule has 3 aliphatic rings. The van der Waals surface area contributed by atoms with E-state index in [2.05, 4.69) is 39.5 Å². The van der Waals surface area contributed by atoms with E-state index in [1.165, 1.54) is 25.7 Å². The molecule has 3 rings (SSSR count). The normalized spacial score (nSPS) is 39.0. The highest BCUT2D eigenvalue weighted by Gasteiger charge is 2.47. The van der Waals surface area contributed by atoms with Crippen LogP contribution in [0.5, 0.6) is 0 Å². The van der Waals surface area contributed by atoms with Crippen LogP contribution in [0.25, 0.3) is 0 Å². The standard InChI is InChI=1S/C20H35NO2.C2H6/c1-12(2)19(17-10-14(4)23-15(5)11-17)20(22)21-13(3)9-16-7-6-8-18(16)21;1-2/h12-19H,6-11H2,1-5H3;1-2H3/t13-,14?,15?,16?,17?,18?,19?;/m1./s1. The summed E-state index contributed by atoms with van der Waals surface area (Å²) in [6.45, 7) is 15.1. The number of nitrogens with zero attached hydrogens (tertiary/aromatic N) is 1. The first-order chi connectivity index (χ1) is 11.9. The van der Waals surface area contributed by atoms with Crippen LogP contribution < -0.4 is 0 Å². The van der Waals surface area contributed by atoms with Gasteiger partial charge >= 0.3 is 0 Å². The van der Waals surface area contributed by atoms with E-state index in [1.807, 2.05) is 13.8 Å². The third-order valence-electron chi connectivity index (χ3n) is 6.59. The quantitative estimate of drug-likeness (QED) is 0.692. The molecule has 2 heterocycles. The number of fused-ring (bicyclic) bond motifs is 1. The van der Waals surface area contributed by atoms with E-state index >= 15 is 0 Å². The van der Waals surface area contributed by atoms with Crippen molar-refractivity contribution in [1.29, 1.82) is 0 Å². The predicted molar refractivity (Wildman–Crippen MR) is 104 cm³/mol. The van der Waals surface area contributed by atoms with Gasteiger partial charge in [-0.1, -0.05) is 34.1 Å². The summed E-state index contributed by atoms with van der Waals surface area (Å²) in [5.41, 5.74) is 0. The van der Waals surface area contributed by atoms with Gasteiger partial charge in [0.05, 0.1) is 12.2 Å². The van der Waals surface area contributed by atoms with E-state index in [0.29, 0.717) is 29.8 Å². The van der Waals surface area contributed by atoms with Crippen LogP contribution in [0.1, 0.15) is 87.0 Å². The minimum atomic E-state index is 0.172. The number of hydrogen-bond acceptors (Lipinski definition) is 2. The van der Waals surface area contributed by atoms with Crippen molar-refractivity contribution in [3.8, 4) is 0 Å². The summed E-state index contributed by atoms with van der Waals surface area (Å²) in [6.07, 6.45) is 7.74. The maximum Gasteiger partial charge on any atom is 0.226 e. The second-order valence-electron chi connectivity index (χ2n) is 8.85. The van der Waals surface area contributed by atoms with Crippen molar-refractivity contribution in [2.75, 3.05) is 0 Å². The van der Waals surface area contributed by atoms with Crippen LogP contribution in [0.2, 0.25) is 0 Å². The van der Waals surface area contributed by atoms with E-state index in [4.69, 9.17) is 4.74 Å². The van der Waals surface area contributed by atoms with Crippen LogP contribution in [0.15, 0.2) is 0 Å². The van der Waals surface area contributed by atoms with Crippen molar-refractivity contribution in [1.82, 2.24) is 4.90 Å². The van der Waals surface area contributed by atoms with Crippen LogP contribution in [-0.2, 0) is 9.53 Å². The molecule has 0 N–H and O–H groups in total. The minimum absolute atomic E-state index is 0.172. The van der Waals surface area contributed by atoms with Gasteiger partial charge in [0.1, 0.15) is 0 Å². The third-order valence-corrected chi connectivity index (χ3v) is 6.59. The van der Waals surface area contributed by atoms with Gasteiger partial charge in [-0.05, 0) is 70.6 Å². The number of rotatable bonds is 3. The summed E-state index contributed by atoms with van der Waals surface area (Å²) in [6, 6.07) is 0.974. The second-order valence-corrected chi connectivity index (χ2v) is 8.85. The molecule has 1 aliphatic carbocycles. The van der Waals surface area contributed by atoms with Crippen LogP contribution in [0.4, 0.5) is 0 Å². The molecule has 1 saturated carbocycles. The molecule has 2 aliphatic heterocycles. The molecule has 5 unspecified atom stereocenters. The summed E-state index contributed by atoms with van der Waals surface area (Å²) in [5.74, 6) is 2.29. The number of likely N-dealkylation sites (tertiary alicyclic amines) is 1. The van der Waals surface area contributed by atoms with Crippen LogP contribution in [0.3, 0.4) is 0 Å². The minimum Gasteiger partial charge on any atom is -0.376 e. The zero-order valence-corrected chi connectivity index (χ0v) is 17.6. The molecule has 0 aromatic rings. The Morgan fingerprint density at radius 3 is 2.16 bits per heavy atom. The van der Waals surface area contributed by atoms with Crippen LogP contribution >= 0.6 is 0 Å². The zero-order chi connectivity index (χ0) is 18.7. The molecule has 3 heteroatoms. The van der Waals surface area contributed by atoms with Crippen molar-refractivity contribution in [3.63, 3.8) is 0 Å². The molecule has 0 spiro atoms. The first-order valence-corrected chi connectivity index (χ1v) is 10.9. The molecule has 3 nitrogen and oxygen atoms in total. The highest BCUT2D eigenvalue weighted by Crippen LogP contribution is 2.44. The van der Waals surface area contributed by atoms with Gasteiger partial charge in [-0.2, -0.15) is 0 Å². The lowest BCUT2D eigenvalue weighted by atomic mass is 9.75. The number of carbonyl (C=O) groups excluding carboxylic acids is 1. The smallest absolute Gasteiger partial charge is 0.226 e. The van der Waals surface area contributed by atoms with Gasteiger partial charge in [0, 0.05) is 18.0 Å². The molecular formula is C22H41NO2. The number of hydrogen-bond donors (Lipinski definition) is 0. The van der Waals surface area contributed by atoms with Crippen molar-refractivity contribution in [2.45, 2.75) is 111 Å². The zero-order valence-electron chi connectivity index (χ0n) is 17.6. The SMILES string of the molecule is CC.CC1CC(C(C(=O)N2C3CCCC3C[C@H]2C)C(C)C)CC(C)O1. The number of carbonyl (C=O) groups is 1. The maximum atomic E-state index is 13.5. The first kappa shape index (κ1) is 20.7. The summed E-state index contributed by atoms with van der Waals surface area (Å²) in [4.78, 5) is 15.9. The summed E-state index contributed by atoms with van der Waals surface area (Å²) >= 11 is 0. The molecule has 0 aromatic carbocycles. The Morgan fingerprint density at radius 2 is 1.60 bits per heavy atom. The van der Waals surface area contributed by atoms with E-state index < -0.39 is 0 Å². The van der Waals surface area contributed by atoms with Crippen molar-refractivity contribution in [2.24, 2.45) is 23.7 Å². The number of amides is 1. The highest BCUT2D eigenvalue weighted by atomic mass is 16.5. The first-order valence-electron chi connectivity index (χ1n) is 10.9. The lowest BCUT2D eigenvalue weighted by Crippen LogP contribution is -2.48. The number of ether oxygens (including phenoxy) is 1. The topological polar surface area (TPSA) is 29.5 Å². The van der Waals surface area contributed by atoms with Crippen LogP contribution in [-0.4, -0.2) is 35.1 Å². The Bertz CT molecular complexity index is 426. The highest BCUT2D eigenvalue weighted by molar-refractivity contribution is 5.80. The largest absolute Gasteiger partial charge is 0.376 e. The molecular weight excluding hydrogens is 310 g/mol. The van der Waals surface area contributed by atoms with Gasteiger partial charge < -0.3 is 9.64 Å². The van der Waals surface area contributed by atoms with Gasteiger partial charge in [-0.15, -0.1) is 0 Å². The Morgan fingerprint density at radius 1 is 1.00 bits per heavy atom. The second kappa shape index (κ2) is 8.88. The van der Waals surface area contributed by atoms with E-state index in [-0.39, 0.29) is 18.1 Å². The molecule has 1 amide bonds. The molecule has 6 atom stereocenters. The monoisotopic (exact) mass is 351 g/mol. The predicted octanol–water partition coefficient (Wildman–Crippen LogP) is 5.28. The fraction of sp³-hybridized carbons (Fsp3) is 0.955. The summed E-state index contributed by atoms with van der Waals surface area (Å²) in [7, 11) is 0. The van der Waals surface area contributed by atoms with Crippen LogP contribution in [0, 0.1) is 23.7 Å². The van der Waals surface area contributed by atoms with Crippen molar-refractivity contribution >= 4 is 5.91 Å². The lowest BCUT2D eigenvalue weighted by molar-refractivity contribution is -0.146. The molecule has 146 valence electrons. The molecule has 25 heavy (non-hydrogen) atoms. The molecule has 3 fully saturated rings. The van der Waals surface area contributed by atoms with E-state index in [9.17, 15) is 4.79 Å². The Labute approximate surface area is 155 Å². The molecule has 2 saturated heterocycles. The van der Waals surface area contributed by atoms with Gasteiger partial charge in [0.25, 0.3) is 0 Å².